The van der Waals surface area contributed by atoms with Gasteiger partial charge in [-0.2, -0.15) is 5.10 Å². The average Bonchev–Trinajstić information content (AvgIpc) is 3.19. The molecule has 3 aromatic rings. The summed E-state index contributed by atoms with van der Waals surface area (Å²) in [5.41, 5.74) is 0.921. The van der Waals surface area contributed by atoms with Crippen LogP contribution in [0.15, 0.2) is 42.9 Å². The van der Waals surface area contributed by atoms with Gasteiger partial charge in [-0.1, -0.05) is 23.2 Å². The predicted molar refractivity (Wildman–Crippen MR) is 115 cm³/mol. The van der Waals surface area contributed by atoms with E-state index in [2.05, 4.69) is 20.0 Å². The van der Waals surface area contributed by atoms with Crippen LogP contribution in [0.1, 0.15) is 5.69 Å². The van der Waals surface area contributed by atoms with Gasteiger partial charge in [0.25, 0.3) is 5.91 Å². The Bertz CT molecular complexity index is 1050. The number of rotatable bonds is 5. The maximum atomic E-state index is 12.5. The Labute approximate surface area is 184 Å². The zero-order valence-electron chi connectivity index (χ0n) is 16.3. The number of anilines is 1. The molecule has 1 saturated heterocycles. The molecule has 0 aliphatic carbocycles. The van der Waals surface area contributed by atoms with Crippen molar-refractivity contribution in [1.82, 2.24) is 24.6 Å². The SMILES string of the molecule is Cc1ccn(-c2cc(N3CCN(C(=O)COc4ccc(Cl)cc4Cl)CC3)ncn2)n1. The molecule has 1 aliphatic rings. The molecular formula is C20H20Cl2N6O2. The molecule has 3 heterocycles. The Balaban J connectivity index is 1.33. The summed E-state index contributed by atoms with van der Waals surface area (Å²) in [6, 6.07) is 8.74. The van der Waals surface area contributed by atoms with Gasteiger partial charge >= 0.3 is 0 Å². The number of hydrogen-bond donors (Lipinski definition) is 0. The normalized spacial score (nSPS) is 14.1. The lowest BCUT2D eigenvalue weighted by Gasteiger charge is -2.35. The second-order valence-electron chi connectivity index (χ2n) is 6.87. The van der Waals surface area contributed by atoms with E-state index in [-0.39, 0.29) is 12.5 Å². The molecular weight excluding hydrogens is 427 g/mol. The van der Waals surface area contributed by atoms with Crippen molar-refractivity contribution < 1.29 is 9.53 Å². The summed E-state index contributed by atoms with van der Waals surface area (Å²) in [5.74, 6) is 1.87. The van der Waals surface area contributed by atoms with Crippen molar-refractivity contribution >= 4 is 34.9 Å². The third kappa shape index (κ3) is 4.66. The quantitative estimate of drug-likeness (QED) is 0.599. The molecule has 4 rings (SSSR count). The highest BCUT2D eigenvalue weighted by Gasteiger charge is 2.23. The van der Waals surface area contributed by atoms with Gasteiger partial charge in [0.15, 0.2) is 12.4 Å². The third-order valence-electron chi connectivity index (χ3n) is 4.80. The van der Waals surface area contributed by atoms with Crippen LogP contribution in [0, 0.1) is 6.92 Å². The van der Waals surface area contributed by atoms with Gasteiger partial charge in [0.2, 0.25) is 0 Å². The summed E-state index contributed by atoms with van der Waals surface area (Å²) in [7, 11) is 0. The van der Waals surface area contributed by atoms with Crippen molar-refractivity contribution in [3.63, 3.8) is 0 Å². The lowest BCUT2D eigenvalue weighted by molar-refractivity contribution is -0.133. The van der Waals surface area contributed by atoms with E-state index in [9.17, 15) is 4.79 Å². The Hall–Kier alpha value is -2.84. The van der Waals surface area contributed by atoms with Gasteiger partial charge in [0.05, 0.1) is 10.7 Å². The zero-order chi connectivity index (χ0) is 21.1. The van der Waals surface area contributed by atoms with Crippen LogP contribution in [0.5, 0.6) is 5.75 Å². The highest BCUT2D eigenvalue weighted by molar-refractivity contribution is 6.35. The first kappa shape index (κ1) is 20.4. The summed E-state index contributed by atoms with van der Waals surface area (Å²) in [6.45, 7) is 4.36. The molecule has 1 amide bonds. The number of hydrogen-bond acceptors (Lipinski definition) is 6. The molecule has 2 aromatic heterocycles. The van der Waals surface area contributed by atoms with Crippen LogP contribution >= 0.6 is 23.2 Å². The molecule has 0 spiro atoms. The van der Waals surface area contributed by atoms with Crippen LogP contribution in [0.4, 0.5) is 5.82 Å². The monoisotopic (exact) mass is 446 g/mol. The third-order valence-corrected chi connectivity index (χ3v) is 5.33. The number of halogens is 2. The second kappa shape index (κ2) is 8.89. The summed E-state index contributed by atoms with van der Waals surface area (Å²) in [4.78, 5) is 25.1. The maximum absolute atomic E-state index is 12.5. The highest BCUT2D eigenvalue weighted by atomic mass is 35.5. The molecule has 0 N–H and O–H groups in total. The van der Waals surface area contributed by atoms with E-state index in [0.717, 1.165) is 11.5 Å². The van der Waals surface area contributed by atoms with Gasteiger partial charge in [0.1, 0.15) is 17.9 Å². The lowest BCUT2D eigenvalue weighted by Crippen LogP contribution is -2.50. The molecule has 1 aliphatic heterocycles. The van der Waals surface area contributed by atoms with Crippen molar-refractivity contribution in [2.75, 3.05) is 37.7 Å². The fourth-order valence-electron chi connectivity index (χ4n) is 3.19. The van der Waals surface area contributed by atoms with Crippen LogP contribution in [0.25, 0.3) is 5.82 Å². The summed E-state index contributed by atoms with van der Waals surface area (Å²) in [6.07, 6.45) is 3.40. The summed E-state index contributed by atoms with van der Waals surface area (Å²) < 4.78 is 7.28. The van der Waals surface area contributed by atoms with E-state index in [1.807, 2.05) is 25.3 Å². The minimum absolute atomic E-state index is 0.0718. The van der Waals surface area contributed by atoms with Crippen LogP contribution < -0.4 is 9.64 Å². The number of benzene rings is 1. The van der Waals surface area contributed by atoms with E-state index < -0.39 is 0 Å². The van der Waals surface area contributed by atoms with Crippen molar-refractivity contribution in [2.45, 2.75) is 6.92 Å². The average molecular weight is 447 g/mol. The number of aryl methyl sites for hydroxylation is 1. The van der Waals surface area contributed by atoms with Crippen LogP contribution in [0.3, 0.4) is 0 Å². The van der Waals surface area contributed by atoms with E-state index in [4.69, 9.17) is 27.9 Å². The van der Waals surface area contributed by atoms with Crippen molar-refractivity contribution in [2.24, 2.45) is 0 Å². The minimum atomic E-state index is -0.0870. The summed E-state index contributed by atoms with van der Waals surface area (Å²) in [5, 5.41) is 5.28. The van der Waals surface area contributed by atoms with Crippen molar-refractivity contribution in [3.05, 3.63) is 58.6 Å². The molecule has 30 heavy (non-hydrogen) atoms. The van der Waals surface area contributed by atoms with Crippen molar-refractivity contribution in [3.8, 4) is 11.6 Å². The Kier molecular flexibility index (Phi) is 6.06. The van der Waals surface area contributed by atoms with E-state index in [1.54, 1.807) is 27.8 Å². The number of piperazine rings is 1. The largest absolute Gasteiger partial charge is 0.482 e. The zero-order valence-corrected chi connectivity index (χ0v) is 17.8. The first-order valence-corrected chi connectivity index (χ1v) is 10.2. The molecule has 0 bridgehead atoms. The molecule has 0 radical (unpaired) electrons. The van der Waals surface area contributed by atoms with Gasteiger partial charge in [0, 0.05) is 43.5 Å². The number of carbonyl (C=O) groups is 1. The van der Waals surface area contributed by atoms with Gasteiger partial charge < -0.3 is 14.5 Å². The Morgan fingerprint density at radius 1 is 1.07 bits per heavy atom. The maximum Gasteiger partial charge on any atom is 0.260 e. The smallest absolute Gasteiger partial charge is 0.260 e. The number of ether oxygens (including phenoxy) is 1. The molecule has 0 atom stereocenters. The van der Waals surface area contributed by atoms with Gasteiger partial charge in [-0.3, -0.25) is 4.79 Å². The van der Waals surface area contributed by atoms with E-state index >= 15 is 0 Å². The molecule has 8 nitrogen and oxygen atoms in total. The van der Waals surface area contributed by atoms with Gasteiger partial charge in [-0.05, 0) is 31.2 Å². The molecule has 1 fully saturated rings. The predicted octanol–water partition coefficient (Wildman–Crippen LogP) is 3.01. The number of nitrogens with zero attached hydrogens (tertiary/aromatic N) is 6. The van der Waals surface area contributed by atoms with Crippen LogP contribution in [-0.4, -0.2) is 63.3 Å². The van der Waals surface area contributed by atoms with Gasteiger partial charge in [-0.25, -0.2) is 14.6 Å². The summed E-state index contributed by atoms with van der Waals surface area (Å²) >= 11 is 12.0. The molecule has 1 aromatic carbocycles. The molecule has 10 heteroatoms. The van der Waals surface area contributed by atoms with Crippen LogP contribution in [0.2, 0.25) is 10.0 Å². The fourth-order valence-corrected chi connectivity index (χ4v) is 3.65. The standard InChI is InChI=1S/C20H20Cl2N6O2/c1-14-4-5-28(25-14)19-11-18(23-13-24-19)26-6-8-27(9-7-26)20(29)12-30-17-3-2-15(21)10-16(17)22/h2-5,10-11,13H,6-9,12H2,1H3. The number of carbonyl (C=O) groups excluding carboxylic acids is 1. The second-order valence-corrected chi connectivity index (χ2v) is 7.71. The van der Waals surface area contributed by atoms with E-state index in [1.165, 1.54) is 6.33 Å². The first-order valence-electron chi connectivity index (χ1n) is 9.45. The van der Waals surface area contributed by atoms with Gasteiger partial charge in [-0.15, -0.1) is 0 Å². The lowest BCUT2D eigenvalue weighted by atomic mass is 10.3. The minimum Gasteiger partial charge on any atom is -0.482 e. The fraction of sp³-hybridized carbons (Fsp3) is 0.300. The van der Waals surface area contributed by atoms with Crippen molar-refractivity contribution in [1.29, 1.82) is 0 Å². The topological polar surface area (TPSA) is 76.4 Å². The molecule has 0 unspecified atom stereocenters. The molecule has 0 saturated carbocycles. The first-order chi connectivity index (χ1) is 14.5. The Morgan fingerprint density at radius 3 is 2.53 bits per heavy atom. The Morgan fingerprint density at radius 2 is 1.83 bits per heavy atom. The highest BCUT2D eigenvalue weighted by Crippen LogP contribution is 2.27. The number of aromatic nitrogens is 4. The van der Waals surface area contributed by atoms with E-state index in [0.29, 0.717) is 47.8 Å². The molecule has 156 valence electrons. The van der Waals surface area contributed by atoms with Crippen LogP contribution in [-0.2, 0) is 4.79 Å². The number of amides is 1.